The molecule has 0 atom stereocenters. The van der Waals surface area contributed by atoms with Crippen LogP contribution in [0.4, 0.5) is 0 Å². The SMILES string of the molecule is CC1=C(/C=C/C(C)=C/C=C/C(C)=C\C(=O)O)C(C)(C)C(=O)C=C1. The summed E-state index contributed by atoms with van der Waals surface area (Å²) < 4.78 is 0. The van der Waals surface area contributed by atoms with Crippen molar-refractivity contribution in [2.45, 2.75) is 34.6 Å². The van der Waals surface area contributed by atoms with E-state index in [-0.39, 0.29) is 5.78 Å². The van der Waals surface area contributed by atoms with Crippen molar-refractivity contribution in [1.29, 1.82) is 0 Å². The fourth-order valence-electron chi connectivity index (χ4n) is 2.33. The molecule has 0 heterocycles. The molecule has 0 spiro atoms. The highest BCUT2D eigenvalue weighted by Crippen LogP contribution is 2.35. The molecule has 0 fully saturated rings. The maximum atomic E-state index is 12.0. The Bertz CT molecular complexity index is 678. The molecule has 0 bridgehead atoms. The zero-order chi connectivity index (χ0) is 17.6. The van der Waals surface area contributed by atoms with Crippen molar-refractivity contribution in [2.24, 2.45) is 5.41 Å². The Hall–Kier alpha value is -2.42. The zero-order valence-corrected chi connectivity index (χ0v) is 14.4. The number of rotatable bonds is 5. The highest BCUT2D eigenvalue weighted by atomic mass is 16.4. The lowest BCUT2D eigenvalue weighted by molar-refractivity contribution is -0.131. The smallest absolute Gasteiger partial charge is 0.328 e. The number of hydrogen-bond acceptors (Lipinski definition) is 2. The van der Waals surface area contributed by atoms with Crippen LogP contribution in [0.5, 0.6) is 0 Å². The predicted octanol–water partition coefficient (Wildman–Crippen LogP) is 4.56. The van der Waals surface area contributed by atoms with Crippen molar-refractivity contribution < 1.29 is 14.7 Å². The van der Waals surface area contributed by atoms with Crippen molar-refractivity contribution in [3.63, 3.8) is 0 Å². The molecule has 0 amide bonds. The first-order valence-corrected chi connectivity index (χ1v) is 7.52. The summed E-state index contributed by atoms with van der Waals surface area (Å²) in [7, 11) is 0. The van der Waals surface area contributed by atoms with Crippen LogP contribution in [0.2, 0.25) is 0 Å². The lowest BCUT2D eigenvalue weighted by Gasteiger charge is -2.28. The van der Waals surface area contributed by atoms with E-state index in [1.807, 2.05) is 58.1 Å². The molecule has 23 heavy (non-hydrogen) atoms. The first kappa shape index (κ1) is 18.6. The highest BCUT2D eigenvalue weighted by Gasteiger charge is 2.31. The van der Waals surface area contributed by atoms with Gasteiger partial charge in [0.15, 0.2) is 5.78 Å². The minimum atomic E-state index is -0.951. The second-order valence-electron chi connectivity index (χ2n) is 6.25. The summed E-state index contributed by atoms with van der Waals surface area (Å²) in [6.07, 6.45) is 14.1. The molecule has 0 aromatic heterocycles. The Labute approximate surface area is 138 Å². The number of carboxylic acid groups (broad SMARTS) is 1. The average Bonchev–Trinajstić information content (AvgIpc) is 2.42. The Morgan fingerprint density at radius 3 is 2.39 bits per heavy atom. The Morgan fingerprint density at radius 1 is 1.13 bits per heavy atom. The van der Waals surface area contributed by atoms with Crippen LogP contribution < -0.4 is 0 Å². The van der Waals surface area contributed by atoms with Gasteiger partial charge < -0.3 is 5.11 Å². The van der Waals surface area contributed by atoms with Gasteiger partial charge in [-0.25, -0.2) is 4.79 Å². The van der Waals surface area contributed by atoms with E-state index in [2.05, 4.69) is 0 Å². The van der Waals surface area contributed by atoms with Gasteiger partial charge in [-0.05, 0) is 57.4 Å². The maximum Gasteiger partial charge on any atom is 0.328 e. The number of carboxylic acids is 1. The molecule has 3 heteroatoms. The van der Waals surface area contributed by atoms with Crippen molar-refractivity contribution in [2.75, 3.05) is 0 Å². The minimum Gasteiger partial charge on any atom is -0.478 e. The van der Waals surface area contributed by atoms with Gasteiger partial charge in [0.2, 0.25) is 0 Å². The molecule has 0 saturated carbocycles. The molecule has 0 radical (unpaired) electrons. The van der Waals surface area contributed by atoms with Crippen LogP contribution in [0.15, 0.2) is 70.9 Å². The first-order chi connectivity index (χ1) is 10.6. The molecular weight excluding hydrogens is 288 g/mol. The second kappa shape index (κ2) is 7.73. The van der Waals surface area contributed by atoms with Gasteiger partial charge in [0.1, 0.15) is 0 Å². The number of aliphatic carboxylic acids is 1. The minimum absolute atomic E-state index is 0.110. The van der Waals surface area contributed by atoms with Crippen molar-refractivity contribution >= 4 is 11.8 Å². The largest absolute Gasteiger partial charge is 0.478 e. The predicted molar refractivity (Wildman–Crippen MR) is 94.1 cm³/mol. The maximum absolute atomic E-state index is 12.0. The molecule has 1 N–H and O–H groups in total. The molecule has 122 valence electrons. The molecule has 0 unspecified atom stereocenters. The van der Waals surface area contributed by atoms with Crippen LogP contribution in [-0.2, 0) is 9.59 Å². The van der Waals surface area contributed by atoms with Gasteiger partial charge in [0.25, 0.3) is 0 Å². The molecule has 0 saturated heterocycles. The van der Waals surface area contributed by atoms with Crippen molar-refractivity contribution in [3.05, 3.63) is 70.9 Å². The van der Waals surface area contributed by atoms with Crippen molar-refractivity contribution in [3.8, 4) is 0 Å². The number of carbonyl (C=O) groups excluding carboxylic acids is 1. The summed E-state index contributed by atoms with van der Waals surface area (Å²) >= 11 is 0. The van der Waals surface area contributed by atoms with Crippen LogP contribution >= 0.6 is 0 Å². The van der Waals surface area contributed by atoms with E-state index in [9.17, 15) is 9.59 Å². The van der Waals surface area contributed by atoms with Gasteiger partial charge in [0.05, 0.1) is 5.41 Å². The zero-order valence-electron chi connectivity index (χ0n) is 14.4. The fourth-order valence-corrected chi connectivity index (χ4v) is 2.33. The van der Waals surface area contributed by atoms with E-state index in [0.29, 0.717) is 5.57 Å². The highest BCUT2D eigenvalue weighted by molar-refractivity contribution is 5.99. The van der Waals surface area contributed by atoms with Gasteiger partial charge in [-0.15, -0.1) is 0 Å². The average molecular weight is 312 g/mol. The van der Waals surface area contributed by atoms with Gasteiger partial charge in [-0.3, -0.25) is 4.79 Å². The van der Waals surface area contributed by atoms with Crippen LogP contribution in [0, 0.1) is 5.41 Å². The summed E-state index contributed by atoms with van der Waals surface area (Å²) in [6, 6.07) is 0. The molecule has 0 aromatic carbocycles. The standard InChI is InChI=1S/C20H24O3/c1-14(7-6-8-15(2)13-19(22)23)9-11-17-16(3)10-12-18(21)20(17,4)5/h6-13H,1-5H3,(H,22,23)/b8-6+,11-9+,14-7+,15-13-. The number of allylic oxidation sites excluding steroid dienone is 11. The van der Waals surface area contributed by atoms with Crippen LogP contribution in [0.1, 0.15) is 34.6 Å². The Balaban J connectivity index is 2.90. The van der Waals surface area contributed by atoms with Gasteiger partial charge in [-0.1, -0.05) is 42.0 Å². The van der Waals surface area contributed by atoms with E-state index >= 15 is 0 Å². The van der Waals surface area contributed by atoms with Gasteiger partial charge in [-0.2, -0.15) is 0 Å². The molecule has 1 aliphatic rings. The fraction of sp³-hybridized carbons (Fsp3) is 0.300. The molecule has 0 aliphatic heterocycles. The van der Waals surface area contributed by atoms with Crippen LogP contribution in [0.3, 0.4) is 0 Å². The third kappa shape index (κ3) is 5.37. The van der Waals surface area contributed by atoms with E-state index in [4.69, 9.17) is 5.11 Å². The topological polar surface area (TPSA) is 54.4 Å². The molecular formula is C20H24O3. The van der Waals surface area contributed by atoms with Gasteiger partial charge >= 0.3 is 5.97 Å². The molecule has 1 rings (SSSR count). The molecule has 3 nitrogen and oxygen atoms in total. The summed E-state index contributed by atoms with van der Waals surface area (Å²) in [5.41, 5.74) is 3.29. The van der Waals surface area contributed by atoms with Crippen LogP contribution in [0.25, 0.3) is 0 Å². The molecule has 1 aliphatic carbocycles. The molecule has 0 aromatic rings. The van der Waals surface area contributed by atoms with E-state index < -0.39 is 11.4 Å². The Kier molecular flexibility index (Phi) is 6.26. The van der Waals surface area contributed by atoms with Crippen molar-refractivity contribution in [1.82, 2.24) is 0 Å². The number of carbonyl (C=O) groups is 2. The lowest BCUT2D eigenvalue weighted by Crippen LogP contribution is -2.27. The van der Waals surface area contributed by atoms with E-state index in [1.54, 1.807) is 19.1 Å². The number of hydrogen-bond donors (Lipinski definition) is 1. The quantitative estimate of drug-likeness (QED) is 0.598. The monoisotopic (exact) mass is 312 g/mol. The summed E-state index contributed by atoms with van der Waals surface area (Å²) in [5.74, 6) is -0.842. The second-order valence-corrected chi connectivity index (χ2v) is 6.25. The van der Waals surface area contributed by atoms with E-state index in [0.717, 1.165) is 22.8 Å². The summed E-state index contributed by atoms with van der Waals surface area (Å²) in [6.45, 7) is 9.56. The summed E-state index contributed by atoms with van der Waals surface area (Å²) in [4.78, 5) is 22.5. The van der Waals surface area contributed by atoms with Gasteiger partial charge in [0, 0.05) is 6.08 Å². The lowest BCUT2D eigenvalue weighted by atomic mass is 9.74. The Morgan fingerprint density at radius 2 is 1.78 bits per heavy atom. The van der Waals surface area contributed by atoms with Crippen LogP contribution in [-0.4, -0.2) is 16.9 Å². The summed E-state index contributed by atoms with van der Waals surface area (Å²) in [5, 5.41) is 8.64. The van der Waals surface area contributed by atoms with E-state index in [1.165, 1.54) is 0 Å². The normalized spacial score (nSPS) is 19.3. The number of ketones is 1. The third-order valence-corrected chi connectivity index (χ3v) is 3.78. The third-order valence-electron chi connectivity index (χ3n) is 3.78. The first-order valence-electron chi connectivity index (χ1n) is 7.52.